The summed E-state index contributed by atoms with van der Waals surface area (Å²) in [4.78, 5) is 0. The Labute approximate surface area is 107 Å². The van der Waals surface area contributed by atoms with E-state index in [0.717, 1.165) is 16.7 Å². The van der Waals surface area contributed by atoms with Gasteiger partial charge in [0.2, 0.25) is 0 Å². The van der Waals surface area contributed by atoms with E-state index in [0.29, 0.717) is 5.92 Å². The number of benzene rings is 1. The Balaban J connectivity index is 2.37. The van der Waals surface area contributed by atoms with Gasteiger partial charge in [0.15, 0.2) is 0 Å². The van der Waals surface area contributed by atoms with Crippen molar-refractivity contribution in [2.45, 2.75) is 26.0 Å². The van der Waals surface area contributed by atoms with Crippen molar-refractivity contribution in [3.8, 4) is 0 Å². The first-order valence-electron chi connectivity index (χ1n) is 6.14. The first kappa shape index (κ1) is 13.1. The Morgan fingerprint density at radius 1 is 1.28 bits per heavy atom. The molecule has 4 nitrogen and oxygen atoms in total. The van der Waals surface area contributed by atoms with Crippen LogP contribution in [0.5, 0.6) is 0 Å². The molecule has 2 unspecified atom stereocenters. The second kappa shape index (κ2) is 5.52. The number of nitrogens with one attached hydrogen (secondary N) is 1. The Hall–Kier alpha value is -1.36. The van der Waals surface area contributed by atoms with Crippen molar-refractivity contribution < 1.29 is 9.15 Å². The summed E-state index contributed by atoms with van der Waals surface area (Å²) in [5.41, 5.74) is 3.66. The molecule has 0 aliphatic heterocycles. The Kier molecular flexibility index (Phi) is 4.01. The zero-order valence-corrected chi connectivity index (χ0v) is 11.0. The van der Waals surface area contributed by atoms with Crippen LogP contribution in [0.15, 0.2) is 34.7 Å². The summed E-state index contributed by atoms with van der Waals surface area (Å²) in [6, 6.07) is 9.77. The number of hydrazine groups is 1. The van der Waals surface area contributed by atoms with E-state index in [1.54, 1.807) is 7.11 Å². The molecule has 0 fully saturated rings. The molecule has 4 heteroatoms. The lowest BCUT2D eigenvalue weighted by molar-refractivity contribution is 0.0269. The van der Waals surface area contributed by atoms with Gasteiger partial charge in [-0.15, -0.1) is 0 Å². The molecule has 3 N–H and O–H groups in total. The van der Waals surface area contributed by atoms with Crippen molar-refractivity contribution in [2.24, 2.45) is 11.8 Å². The lowest BCUT2D eigenvalue weighted by atomic mass is 9.98. The third-order valence-electron chi connectivity index (χ3n) is 3.19. The topological polar surface area (TPSA) is 60.4 Å². The largest absolute Gasteiger partial charge is 0.459 e. The molecule has 0 spiro atoms. The highest BCUT2D eigenvalue weighted by Gasteiger charge is 2.27. The molecule has 2 rings (SSSR count). The highest BCUT2D eigenvalue weighted by molar-refractivity contribution is 5.77. The van der Waals surface area contributed by atoms with Crippen LogP contribution in [0.25, 0.3) is 11.0 Å². The summed E-state index contributed by atoms with van der Waals surface area (Å²) in [6.45, 7) is 4.20. The standard InChI is InChI=1S/C14H20N2O2/c1-9(2)14(17-3)13(16-15)12-8-10-6-4-5-7-11(10)18-12/h4-9,13-14,16H,15H2,1-3H3. The third-order valence-corrected chi connectivity index (χ3v) is 3.19. The van der Waals surface area contributed by atoms with Crippen molar-refractivity contribution in [3.05, 3.63) is 36.1 Å². The summed E-state index contributed by atoms with van der Waals surface area (Å²) in [5, 5.41) is 1.08. The molecular weight excluding hydrogens is 228 g/mol. The first-order valence-corrected chi connectivity index (χ1v) is 6.14. The van der Waals surface area contributed by atoms with E-state index in [1.165, 1.54) is 0 Å². The molecule has 1 aromatic heterocycles. The van der Waals surface area contributed by atoms with Crippen LogP contribution in [0.4, 0.5) is 0 Å². The van der Waals surface area contributed by atoms with Gasteiger partial charge in [-0.25, -0.2) is 5.43 Å². The highest BCUT2D eigenvalue weighted by atomic mass is 16.5. The maximum Gasteiger partial charge on any atom is 0.134 e. The van der Waals surface area contributed by atoms with Crippen molar-refractivity contribution in [1.29, 1.82) is 0 Å². The van der Waals surface area contributed by atoms with Gasteiger partial charge in [0, 0.05) is 12.5 Å². The normalized spacial score (nSPS) is 15.2. The van der Waals surface area contributed by atoms with Crippen LogP contribution in [-0.4, -0.2) is 13.2 Å². The number of hydrogen-bond acceptors (Lipinski definition) is 4. The predicted octanol–water partition coefficient (Wildman–Crippen LogP) is 2.61. The van der Waals surface area contributed by atoms with Gasteiger partial charge in [-0.2, -0.15) is 0 Å². The maximum atomic E-state index is 5.83. The number of fused-ring (bicyclic) bond motifs is 1. The Bertz CT molecular complexity index is 474. The smallest absolute Gasteiger partial charge is 0.134 e. The van der Waals surface area contributed by atoms with E-state index < -0.39 is 0 Å². The van der Waals surface area contributed by atoms with Gasteiger partial charge in [0.05, 0.1) is 6.10 Å². The fourth-order valence-corrected chi connectivity index (χ4v) is 2.29. The molecule has 0 saturated heterocycles. The molecular formula is C14H20N2O2. The van der Waals surface area contributed by atoms with Crippen LogP contribution in [0.2, 0.25) is 0 Å². The van der Waals surface area contributed by atoms with Crippen LogP contribution in [-0.2, 0) is 4.74 Å². The summed E-state index contributed by atoms with van der Waals surface area (Å²) < 4.78 is 11.3. The predicted molar refractivity (Wildman–Crippen MR) is 71.9 cm³/mol. The van der Waals surface area contributed by atoms with Gasteiger partial charge in [-0.3, -0.25) is 5.84 Å². The second-order valence-corrected chi connectivity index (χ2v) is 4.78. The number of para-hydroxylation sites is 1. The SMILES string of the molecule is COC(C(C)C)C(NN)c1cc2ccccc2o1. The molecule has 1 heterocycles. The average molecular weight is 248 g/mol. The van der Waals surface area contributed by atoms with Crippen LogP contribution >= 0.6 is 0 Å². The van der Waals surface area contributed by atoms with Gasteiger partial charge in [-0.1, -0.05) is 32.0 Å². The van der Waals surface area contributed by atoms with Gasteiger partial charge < -0.3 is 9.15 Å². The van der Waals surface area contributed by atoms with Gasteiger partial charge in [0.25, 0.3) is 0 Å². The Morgan fingerprint density at radius 3 is 2.56 bits per heavy atom. The lowest BCUT2D eigenvalue weighted by Crippen LogP contribution is -2.40. The van der Waals surface area contributed by atoms with Gasteiger partial charge in [0.1, 0.15) is 17.4 Å². The summed E-state index contributed by atoms with van der Waals surface area (Å²) in [6.07, 6.45) is -0.0319. The molecule has 0 radical (unpaired) electrons. The van der Waals surface area contributed by atoms with E-state index in [2.05, 4.69) is 19.3 Å². The Morgan fingerprint density at radius 2 is 2.00 bits per heavy atom. The van der Waals surface area contributed by atoms with Crippen molar-refractivity contribution in [1.82, 2.24) is 5.43 Å². The zero-order chi connectivity index (χ0) is 13.1. The molecule has 2 aromatic rings. The molecule has 0 saturated carbocycles. The van der Waals surface area contributed by atoms with Gasteiger partial charge in [-0.05, 0) is 18.1 Å². The molecule has 0 amide bonds. The number of furan rings is 1. The number of nitrogens with two attached hydrogens (primary N) is 1. The summed E-state index contributed by atoms with van der Waals surface area (Å²) in [5.74, 6) is 6.79. The number of ether oxygens (including phenoxy) is 1. The minimum Gasteiger partial charge on any atom is -0.459 e. The molecule has 0 aliphatic carbocycles. The van der Waals surface area contributed by atoms with E-state index in [9.17, 15) is 0 Å². The molecule has 0 aliphatic rings. The average Bonchev–Trinajstić information content (AvgIpc) is 2.78. The quantitative estimate of drug-likeness (QED) is 0.630. The number of rotatable bonds is 5. The third kappa shape index (κ3) is 2.41. The fourth-order valence-electron chi connectivity index (χ4n) is 2.29. The van der Waals surface area contributed by atoms with Crippen LogP contribution < -0.4 is 11.3 Å². The lowest BCUT2D eigenvalue weighted by Gasteiger charge is -2.26. The summed E-state index contributed by atoms with van der Waals surface area (Å²) in [7, 11) is 1.69. The van der Waals surface area contributed by atoms with E-state index in [-0.39, 0.29) is 12.1 Å². The molecule has 18 heavy (non-hydrogen) atoms. The second-order valence-electron chi connectivity index (χ2n) is 4.78. The molecule has 1 aromatic carbocycles. The minimum absolute atomic E-state index is 0.0319. The van der Waals surface area contributed by atoms with E-state index in [1.807, 2.05) is 30.3 Å². The van der Waals surface area contributed by atoms with Crippen molar-refractivity contribution in [3.63, 3.8) is 0 Å². The minimum atomic E-state index is -0.151. The number of methoxy groups -OCH3 is 1. The first-order chi connectivity index (χ1) is 8.67. The highest BCUT2D eigenvalue weighted by Crippen LogP contribution is 2.28. The van der Waals surface area contributed by atoms with Crippen LogP contribution in [0.3, 0.4) is 0 Å². The molecule has 0 bridgehead atoms. The summed E-state index contributed by atoms with van der Waals surface area (Å²) >= 11 is 0. The molecule has 2 atom stereocenters. The van der Waals surface area contributed by atoms with E-state index >= 15 is 0 Å². The van der Waals surface area contributed by atoms with Crippen LogP contribution in [0, 0.1) is 5.92 Å². The van der Waals surface area contributed by atoms with Crippen molar-refractivity contribution >= 4 is 11.0 Å². The molecule has 98 valence electrons. The monoisotopic (exact) mass is 248 g/mol. The van der Waals surface area contributed by atoms with E-state index in [4.69, 9.17) is 15.0 Å². The number of hydrogen-bond donors (Lipinski definition) is 2. The maximum absolute atomic E-state index is 5.83. The fraction of sp³-hybridized carbons (Fsp3) is 0.429. The zero-order valence-electron chi connectivity index (χ0n) is 11.0. The van der Waals surface area contributed by atoms with Crippen LogP contribution in [0.1, 0.15) is 25.6 Å². The van der Waals surface area contributed by atoms with Crippen molar-refractivity contribution in [2.75, 3.05) is 7.11 Å². The van der Waals surface area contributed by atoms with Gasteiger partial charge >= 0.3 is 0 Å².